The molecule has 10 nitrogen and oxygen atoms in total. The second-order valence-corrected chi connectivity index (χ2v) is 8.96. The molecule has 1 aromatic carbocycles. The number of aromatic amines is 1. The third-order valence-electron chi connectivity index (χ3n) is 6.23. The summed E-state index contributed by atoms with van der Waals surface area (Å²) in [5.41, 5.74) is -0.730. The van der Waals surface area contributed by atoms with Crippen molar-refractivity contribution in [3.63, 3.8) is 0 Å². The van der Waals surface area contributed by atoms with E-state index in [1.54, 1.807) is 38.1 Å². The number of rotatable bonds is 8. The van der Waals surface area contributed by atoms with Crippen LogP contribution in [-0.4, -0.2) is 45.0 Å². The van der Waals surface area contributed by atoms with Crippen LogP contribution in [0, 0.1) is 17.8 Å². The average molecular weight is 459 g/mol. The minimum atomic E-state index is -1.04. The van der Waals surface area contributed by atoms with Gasteiger partial charge in [-0.25, -0.2) is 9.59 Å². The number of carboxylic acids is 1. The van der Waals surface area contributed by atoms with Crippen LogP contribution in [0.4, 0.5) is 0 Å². The molecule has 1 heterocycles. The number of aliphatic carboxylic acids is 1. The van der Waals surface area contributed by atoms with Crippen molar-refractivity contribution in [2.45, 2.75) is 52.1 Å². The first kappa shape index (κ1) is 24.2. The average Bonchev–Trinajstić information content (AvgIpc) is 2.78. The number of nitrogens with zero attached hydrogens (tertiary/aromatic N) is 1. The van der Waals surface area contributed by atoms with Crippen molar-refractivity contribution in [1.29, 1.82) is 0 Å². The van der Waals surface area contributed by atoms with Gasteiger partial charge in [0.1, 0.15) is 12.6 Å². The third-order valence-corrected chi connectivity index (χ3v) is 6.23. The second kappa shape index (κ2) is 10.5. The van der Waals surface area contributed by atoms with E-state index in [9.17, 15) is 29.1 Å². The van der Waals surface area contributed by atoms with Crippen LogP contribution in [-0.2, 0) is 20.9 Å². The maximum absolute atomic E-state index is 12.5. The summed E-state index contributed by atoms with van der Waals surface area (Å²) in [5, 5.41) is 15.0. The Balaban J connectivity index is 1.49. The van der Waals surface area contributed by atoms with E-state index < -0.39 is 29.2 Å². The van der Waals surface area contributed by atoms with E-state index in [1.165, 1.54) is 0 Å². The SMILES string of the molecule is CC(C)C(NC(=O)C1CCC(CNC(=O)Cn2c(=O)[nH]c3ccccc3c2=O)CC1)C(=O)O. The largest absolute Gasteiger partial charge is 0.480 e. The highest BCUT2D eigenvalue weighted by Crippen LogP contribution is 2.28. The van der Waals surface area contributed by atoms with E-state index >= 15 is 0 Å². The van der Waals surface area contributed by atoms with Crippen LogP contribution < -0.4 is 21.9 Å². The van der Waals surface area contributed by atoms with Crippen LogP contribution in [0.1, 0.15) is 39.5 Å². The fraction of sp³-hybridized carbons (Fsp3) is 0.522. The van der Waals surface area contributed by atoms with Crippen LogP contribution in [0.3, 0.4) is 0 Å². The number of fused-ring (bicyclic) bond motifs is 1. The van der Waals surface area contributed by atoms with E-state index in [2.05, 4.69) is 15.6 Å². The summed E-state index contributed by atoms with van der Waals surface area (Å²) in [7, 11) is 0. The summed E-state index contributed by atoms with van der Waals surface area (Å²) in [6, 6.07) is 5.71. The second-order valence-electron chi connectivity index (χ2n) is 8.96. The van der Waals surface area contributed by atoms with Gasteiger partial charge < -0.3 is 20.7 Å². The minimum Gasteiger partial charge on any atom is -0.480 e. The highest BCUT2D eigenvalue weighted by atomic mass is 16.4. The number of benzene rings is 1. The molecule has 1 aliphatic carbocycles. The fourth-order valence-electron chi connectivity index (χ4n) is 4.21. The van der Waals surface area contributed by atoms with Crippen molar-refractivity contribution in [2.75, 3.05) is 6.54 Å². The van der Waals surface area contributed by atoms with Crippen LogP contribution in [0.25, 0.3) is 10.9 Å². The first-order valence-corrected chi connectivity index (χ1v) is 11.2. The zero-order chi connectivity index (χ0) is 24.1. The lowest BCUT2D eigenvalue weighted by Crippen LogP contribution is -2.47. The number of para-hydroxylation sites is 1. The number of hydrogen-bond donors (Lipinski definition) is 4. The summed E-state index contributed by atoms with van der Waals surface area (Å²) in [6.07, 6.45) is 2.66. The molecule has 0 saturated heterocycles. The Kier molecular flexibility index (Phi) is 7.67. The van der Waals surface area contributed by atoms with Crippen LogP contribution in [0.15, 0.2) is 33.9 Å². The predicted octanol–water partition coefficient (Wildman–Crippen LogP) is 0.838. The topological polar surface area (TPSA) is 150 Å². The Hall–Kier alpha value is -3.43. The zero-order valence-corrected chi connectivity index (χ0v) is 18.8. The van der Waals surface area contributed by atoms with Crippen LogP contribution >= 0.6 is 0 Å². The van der Waals surface area contributed by atoms with E-state index in [1.807, 2.05) is 0 Å². The van der Waals surface area contributed by atoms with Crippen molar-refractivity contribution < 1.29 is 19.5 Å². The molecule has 1 atom stereocenters. The standard InChI is InChI=1S/C23H30N4O6/c1-13(2)19(22(31)32)26-20(29)15-9-7-14(8-10-15)11-24-18(28)12-27-21(30)16-5-3-4-6-17(16)25-23(27)33/h3-6,13-15,19H,7-12H2,1-2H3,(H,24,28)(H,25,33)(H,26,29)(H,31,32). The Morgan fingerprint density at radius 1 is 1.12 bits per heavy atom. The third kappa shape index (κ3) is 5.88. The monoisotopic (exact) mass is 458 g/mol. The Morgan fingerprint density at radius 3 is 2.42 bits per heavy atom. The molecule has 1 aliphatic rings. The molecule has 178 valence electrons. The maximum atomic E-state index is 12.5. The number of carbonyl (C=O) groups excluding carboxylic acids is 2. The van der Waals surface area contributed by atoms with Gasteiger partial charge in [0.05, 0.1) is 10.9 Å². The number of carbonyl (C=O) groups is 3. The molecule has 0 aliphatic heterocycles. The lowest BCUT2D eigenvalue weighted by Gasteiger charge is -2.29. The Bertz CT molecular complexity index is 1140. The van der Waals surface area contributed by atoms with E-state index in [0.717, 1.165) is 4.57 Å². The van der Waals surface area contributed by atoms with Crippen molar-refractivity contribution in [3.05, 3.63) is 45.1 Å². The van der Waals surface area contributed by atoms with E-state index in [4.69, 9.17) is 0 Å². The number of amides is 2. The minimum absolute atomic E-state index is 0.171. The van der Waals surface area contributed by atoms with Gasteiger partial charge in [-0.2, -0.15) is 0 Å². The van der Waals surface area contributed by atoms with Gasteiger partial charge in [0.2, 0.25) is 11.8 Å². The lowest BCUT2D eigenvalue weighted by molar-refractivity contribution is -0.144. The zero-order valence-electron chi connectivity index (χ0n) is 18.8. The fourth-order valence-corrected chi connectivity index (χ4v) is 4.21. The molecule has 0 spiro atoms. The van der Waals surface area contributed by atoms with Gasteiger partial charge >= 0.3 is 11.7 Å². The molecule has 10 heteroatoms. The molecule has 1 fully saturated rings. The lowest BCUT2D eigenvalue weighted by atomic mass is 9.81. The van der Waals surface area contributed by atoms with Crippen LogP contribution in [0.2, 0.25) is 0 Å². The molecule has 2 aromatic rings. The Labute approximate surface area is 190 Å². The van der Waals surface area contributed by atoms with Crippen molar-refractivity contribution in [3.8, 4) is 0 Å². The molecule has 4 N–H and O–H groups in total. The van der Waals surface area contributed by atoms with Gasteiger partial charge in [-0.3, -0.25) is 19.0 Å². The molecule has 1 unspecified atom stereocenters. The maximum Gasteiger partial charge on any atom is 0.329 e. The molecular weight excluding hydrogens is 428 g/mol. The van der Waals surface area contributed by atoms with Crippen molar-refractivity contribution in [2.24, 2.45) is 17.8 Å². The molecule has 33 heavy (non-hydrogen) atoms. The molecule has 0 radical (unpaired) electrons. The quantitative estimate of drug-likeness (QED) is 0.460. The number of carboxylic acid groups (broad SMARTS) is 1. The summed E-state index contributed by atoms with van der Waals surface area (Å²) < 4.78 is 0.881. The normalized spacial score (nSPS) is 19.2. The number of aromatic nitrogens is 2. The number of H-pyrrole nitrogens is 1. The molecular formula is C23H30N4O6. The van der Waals surface area contributed by atoms with E-state index in [-0.39, 0.29) is 30.2 Å². The van der Waals surface area contributed by atoms with Gasteiger partial charge in [-0.05, 0) is 49.7 Å². The molecule has 2 amide bonds. The summed E-state index contributed by atoms with van der Waals surface area (Å²) in [5.74, 6) is -2.00. The van der Waals surface area contributed by atoms with Crippen LogP contribution in [0.5, 0.6) is 0 Å². The van der Waals surface area contributed by atoms with Crippen molar-refractivity contribution in [1.82, 2.24) is 20.2 Å². The molecule has 1 saturated carbocycles. The number of nitrogens with one attached hydrogen (secondary N) is 3. The summed E-state index contributed by atoms with van der Waals surface area (Å²) in [6.45, 7) is 3.51. The molecule has 1 aromatic heterocycles. The van der Waals surface area contributed by atoms with Gasteiger partial charge in [-0.15, -0.1) is 0 Å². The van der Waals surface area contributed by atoms with Gasteiger partial charge in [0, 0.05) is 12.5 Å². The molecule has 0 bridgehead atoms. The smallest absolute Gasteiger partial charge is 0.329 e. The van der Waals surface area contributed by atoms with E-state index in [0.29, 0.717) is 43.1 Å². The Morgan fingerprint density at radius 2 is 1.79 bits per heavy atom. The van der Waals surface area contributed by atoms with Crippen molar-refractivity contribution >= 4 is 28.7 Å². The predicted molar refractivity (Wildman–Crippen MR) is 122 cm³/mol. The highest BCUT2D eigenvalue weighted by molar-refractivity contribution is 5.85. The summed E-state index contributed by atoms with van der Waals surface area (Å²) >= 11 is 0. The summed E-state index contributed by atoms with van der Waals surface area (Å²) in [4.78, 5) is 63.5. The molecule has 3 rings (SSSR count). The van der Waals surface area contributed by atoms with Gasteiger partial charge in [0.15, 0.2) is 0 Å². The highest BCUT2D eigenvalue weighted by Gasteiger charge is 2.30. The first-order valence-electron chi connectivity index (χ1n) is 11.2. The first-order chi connectivity index (χ1) is 15.7. The van der Waals surface area contributed by atoms with Gasteiger partial charge in [-0.1, -0.05) is 26.0 Å². The number of hydrogen-bond acceptors (Lipinski definition) is 5. The van der Waals surface area contributed by atoms with Gasteiger partial charge in [0.25, 0.3) is 5.56 Å².